The molecule has 4 aromatic rings. The van der Waals surface area contributed by atoms with Gasteiger partial charge >= 0.3 is 0 Å². The number of anilines is 1. The predicted molar refractivity (Wildman–Crippen MR) is 117 cm³/mol. The minimum atomic E-state index is -0.145. The number of benzene rings is 3. The van der Waals surface area contributed by atoms with Gasteiger partial charge in [0.1, 0.15) is 0 Å². The van der Waals surface area contributed by atoms with Crippen LogP contribution in [-0.2, 0) is 4.79 Å². The van der Waals surface area contributed by atoms with E-state index < -0.39 is 0 Å². The molecule has 1 aliphatic rings. The first-order valence-corrected chi connectivity index (χ1v) is 9.60. The van der Waals surface area contributed by atoms with E-state index in [9.17, 15) is 4.79 Å². The third-order valence-electron chi connectivity index (χ3n) is 4.87. The Hall–Kier alpha value is -3.63. The van der Waals surface area contributed by atoms with E-state index in [4.69, 9.17) is 16.7 Å². The molecule has 140 valence electrons. The zero-order chi connectivity index (χ0) is 19.8. The Morgan fingerprint density at radius 3 is 2.41 bits per heavy atom. The molecular weight excluding hydrogens is 382 g/mol. The lowest BCUT2D eigenvalue weighted by Gasteiger charge is -2.01. The highest BCUT2D eigenvalue weighted by molar-refractivity contribution is 6.36. The minimum absolute atomic E-state index is 0.145. The molecular formula is C24H16ClN3O. The molecule has 4 nitrogen and oxygen atoms in total. The lowest BCUT2D eigenvalue weighted by molar-refractivity contribution is -0.110. The molecule has 1 amide bonds. The van der Waals surface area contributed by atoms with E-state index in [1.54, 1.807) is 6.07 Å². The highest BCUT2D eigenvalue weighted by Gasteiger charge is 2.25. The van der Waals surface area contributed by atoms with Crippen molar-refractivity contribution in [2.45, 2.75) is 0 Å². The largest absolute Gasteiger partial charge is 0.321 e. The van der Waals surface area contributed by atoms with E-state index in [1.807, 2.05) is 89.8 Å². The highest BCUT2D eigenvalue weighted by atomic mass is 35.5. The first-order chi connectivity index (χ1) is 14.2. The number of aromatic nitrogens is 2. The Kier molecular flexibility index (Phi) is 4.26. The second-order valence-electron chi connectivity index (χ2n) is 6.78. The van der Waals surface area contributed by atoms with E-state index >= 15 is 0 Å². The standard InChI is InChI=1S/C24H16ClN3O/c25-18-11-12-22-20(14-18)21(24(29)26-22)13-17-15-28(19-9-5-2-6-10-19)27-23(17)16-7-3-1-4-8-16/h1-15H,(H,26,29). The lowest BCUT2D eigenvalue weighted by Crippen LogP contribution is -2.03. The summed E-state index contributed by atoms with van der Waals surface area (Å²) in [5.74, 6) is -0.145. The fourth-order valence-electron chi connectivity index (χ4n) is 3.49. The number of amides is 1. The van der Waals surface area contributed by atoms with Crippen LogP contribution in [0.2, 0.25) is 5.02 Å². The lowest BCUT2D eigenvalue weighted by atomic mass is 10.0. The number of hydrogen-bond donors (Lipinski definition) is 1. The zero-order valence-electron chi connectivity index (χ0n) is 15.3. The molecule has 0 fully saturated rings. The van der Waals surface area contributed by atoms with Crippen LogP contribution < -0.4 is 5.32 Å². The number of halogens is 1. The quantitative estimate of drug-likeness (QED) is 0.452. The smallest absolute Gasteiger partial charge is 0.256 e. The normalized spacial score (nSPS) is 14.1. The predicted octanol–water partition coefficient (Wildman–Crippen LogP) is 5.69. The summed E-state index contributed by atoms with van der Waals surface area (Å²) in [7, 11) is 0. The molecule has 0 bridgehead atoms. The monoisotopic (exact) mass is 397 g/mol. The van der Waals surface area contributed by atoms with Crippen molar-refractivity contribution >= 4 is 34.8 Å². The van der Waals surface area contributed by atoms with Crippen molar-refractivity contribution < 1.29 is 4.79 Å². The van der Waals surface area contributed by atoms with Crippen LogP contribution in [0.15, 0.2) is 85.1 Å². The van der Waals surface area contributed by atoms with Crippen molar-refractivity contribution in [3.05, 3.63) is 101 Å². The molecule has 0 aliphatic carbocycles. The number of rotatable bonds is 3. The third-order valence-corrected chi connectivity index (χ3v) is 5.11. The van der Waals surface area contributed by atoms with Gasteiger partial charge in [-0.05, 0) is 36.4 Å². The number of fused-ring (bicyclic) bond motifs is 1. The third kappa shape index (κ3) is 3.24. The van der Waals surface area contributed by atoms with Crippen LogP contribution in [0.4, 0.5) is 5.69 Å². The summed E-state index contributed by atoms with van der Waals surface area (Å²) in [6.07, 6.45) is 3.83. The molecule has 0 radical (unpaired) electrons. The number of hydrogen-bond acceptors (Lipinski definition) is 2. The molecule has 1 N–H and O–H groups in total. The van der Waals surface area contributed by atoms with Gasteiger partial charge in [0.25, 0.3) is 5.91 Å². The summed E-state index contributed by atoms with van der Waals surface area (Å²) >= 11 is 6.17. The van der Waals surface area contributed by atoms with Gasteiger partial charge in [0.05, 0.1) is 11.4 Å². The topological polar surface area (TPSA) is 46.9 Å². The van der Waals surface area contributed by atoms with Crippen molar-refractivity contribution in [3.63, 3.8) is 0 Å². The summed E-state index contributed by atoms with van der Waals surface area (Å²) < 4.78 is 1.83. The van der Waals surface area contributed by atoms with Crippen molar-refractivity contribution in [1.29, 1.82) is 0 Å². The van der Waals surface area contributed by atoms with Crippen LogP contribution in [0, 0.1) is 0 Å². The Bertz CT molecular complexity index is 1240. The van der Waals surface area contributed by atoms with Crippen LogP contribution >= 0.6 is 11.6 Å². The summed E-state index contributed by atoms with van der Waals surface area (Å²) in [4.78, 5) is 12.6. The van der Waals surface area contributed by atoms with E-state index in [2.05, 4.69) is 5.32 Å². The van der Waals surface area contributed by atoms with Gasteiger partial charge in [-0.2, -0.15) is 5.10 Å². The second kappa shape index (κ2) is 7.08. The van der Waals surface area contributed by atoms with Gasteiger partial charge in [0.2, 0.25) is 0 Å². The second-order valence-corrected chi connectivity index (χ2v) is 7.22. The minimum Gasteiger partial charge on any atom is -0.321 e. The maximum absolute atomic E-state index is 12.6. The van der Waals surface area contributed by atoms with E-state index in [-0.39, 0.29) is 5.91 Å². The summed E-state index contributed by atoms with van der Waals surface area (Å²) in [6.45, 7) is 0. The highest BCUT2D eigenvalue weighted by Crippen LogP contribution is 2.36. The molecule has 2 heterocycles. The molecule has 5 rings (SSSR count). The van der Waals surface area contributed by atoms with Crippen LogP contribution in [0.25, 0.3) is 28.6 Å². The first-order valence-electron chi connectivity index (χ1n) is 9.22. The van der Waals surface area contributed by atoms with Gasteiger partial charge in [-0.3, -0.25) is 4.79 Å². The average Bonchev–Trinajstić information content (AvgIpc) is 3.31. The molecule has 1 aromatic heterocycles. The van der Waals surface area contributed by atoms with Crippen molar-refractivity contribution in [3.8, 4) is 16.9 Å². The number of carbonyl (C=O) groups is 1. The molecule has 1 aliphatic heterocycles. The maximum atomic E-state index is 12.6. The maximum Gasteiger partial charge on any atom is 0.256 e. The van der Waals surface area contributed by atoms with Crippen LogP contribution in [-0.4, -0.2) is 15.7 Å². The molecule has 29 heavy (non-hydrogen) atoms. The molecule has 5 heteroatoms. The summed E-state index contributed by atoms with van der Waals surface area (Å²) in [5.41, 5.74) is 5.75. The molecule has 0 saturated heterocycles. The molecule has 0 atom stereocenters. The number of nitrogens with zero attached hydrogens (tertiary/aromatic N) is 2. The van der Waals surface area contributed by atoms with Crippen molar-refractivity contribution in [2.24, 2.45) is 0 Å². The number of carbonyl (C=O) groups excluding carboxylic acids is 1. The Labute approximate surface area is 173 Å². The number of para-hydroxylation sites is 1. The molecule has 0 spiro atoms. The summed E-state index contributed by atoms with van der Waals surface area (Å²) in [5, 5.41) is 8.30. The molecule has 0 saturated carbocycles. The van der Waals surface area contributed by atoms with Gasteiger partial charge in [0.15, 0.2) is 0 Å². The van der Waals surface area contributed by atoms with Gasteiger partial charge in [0, 0.05) is 39.2 Å². The van der Waals surface area contributed by atoms with Crippen LogP contribution in [0.1, 0.15) is 11.1 Å². The van der Waals surface area contributed by atoms with Crippen molar-refractivity contribution in [1.82, 2.24) is 9.78 Å². The fourth-order valence-corrected chi connectivity index (χ4v) is 3.66. The molecule has 0 unspecified atom stereocenters. The van der Waals surface area contributed by atoms with Crippen LogP contribution in [0.5, 0.6) is 0 Å². The van der Waals surface area contributed by atoms with Crippen molar-refractivity contribution in [2.75, 3.05) is 5.32 Å². The average molecular weight is 398 g/mol. The van der Waals surface area contributed by atoms with Gasteiger partial charge < -0.3 is 5.32 Å². The summed E-state index contributed by atoms with van der Waals surface area (Å²) in [6, 6.07) is 25.3. The fraction of sp³-hybridized carbons (Fsp3) is 0. The van der Waals surface area contributed by atoms with Gasteiger partial charge in [-0.15, -0.1) is 0 Å². The van der Waals surface area contributed by atoms with Crippen LogP contribution in [0.3, 0.4) is 0 Å². The Balaban J connectivity index is 1.69. The SMILES string of the molecule is O=C1Nc2ccc(Cl)cc2C1=Cc1cn(-c2ccccc2)nc1-c1ccccc1. The number of nitrogens with one attached hydrogen (secondary N) is 1. The Morgan fingerprint density at radius 1 is 0.931 bits per heavy atom. The van der Waals surface area contributed by atoms with E-state index in [1.165, 1.54) is 0 Å². The van der Waals surface area contributed by atoms with E-state index in [0.29, 0.717) is 10.6 Å². The first kappa shape index (κ1) is 17.5. The molecule has 3 aromatic carbocycles. The van der Waals surface area contributed by atoms with E-state index in [0.717, 1.165) is 33.8 Å². The zero-order valence-corrected chi connectivity index (χ0v) is 16.1. The van der Waals surface area contributed by atoms with Gasteiger partial charge in [-0.1, -0.05) is 60.1 Å². The Morgan fingerprint density at radius 2 is 1.66 bits per heavy atom. The van der Waals surface area contributed by atoms with Gasteiger partial charge in [-0.25, -0.2) is 4.68 Å².